The summed E-state index contributed by atoms with van der Waals surface area (Å²) in [6.07, 6.45) is 0. The van der Waals surface area contributed by atoms with Gasteiger partial charge in [0, 0.05) is 5.56 Å². The van der Waals surface area contributed by atoms with Crippen LogP contribution in [0.2, 0.25) is 0 Å². The van der Waals surface area contributed by atoms with Crippen molar-refractivity contribution in [1.29, 1.82) is 0 Å². The van der Waals surface area contributed by atoms with Crippen LogP contribution in [-0.2, 0) is 6.61 Å². The maximum atomic E-state index is 9.26. The van der Waals surface area contributed by atoms with E-state index < -0.39 is 0 Å². The normalized spacial score (nSPS) is 11.2. The van der Waals surface area contributed by atoms with Crippen LogP contribution in [0.15, 0.2) is 18.2 Å². The summed E-state index contributed by atoms with van der Waals surface area (Å²) in [5, 5.41) is 10.3. The van der Waals surface area contributed by atoms with E-state index in [1.165, 1.54) is 16.7 Å². The molecule has 3 heteroatoms. The first-order valence-corrected chi connectivity index (χ1v) is 7.02. The van der Waals surface area contributed by atoms with Crippen LogP contribution in [0.25, 0.3) is 10.6 Å². The highest BCUT2D eigenvalue weighted by atomic mass is 32.1. The van der Waals surface area contributed by atoms with E-state index in [0.717, 1.165) is 15.6 Å². The SMILES string of the molecule is Cc1ccc(C(C)C)cc1-c1nc(C)c(CO)s1. The molecule has 2 nitrogen and oxygen atoms in total. The van der Waals surface area contributed by atoms with Gasteiger partial charge < -0.3 is 5.11 Å². The Kier molecular flexibility index (Phi) is 3.83. The topological polar surface area (TPSA) is 33.1 Å². The van der Waals surface area contributed by atoms with Gasteiger partial charge in [0.05, 0.1) is 17.2 Å². The van der Waals surface area contributed by atoms with E-state index >= 15 is 0 Å². The molecule has 1 aromatic carbocycles. The lowest BCUT2D eigenvalue weighted by Crippen LogP contribution is -1.90. The van der Waals surface area contributed by atoms with Gasteiger partial charge >= 0.3 is 0 Å². The standard InChI is InChI=1S/C15H19NOS/c1-9(2)12-6-5-10(3)13(7-12)15-16-11(4)14(8-17)18-15/h5-7,9,17H,8H2,1-4H3. The molecule has 96 valence electrons. The van der Waals surface area contributed by atoms with Crippen molar-refractivity contribution in [3.63, 3.8) is 0 Å². The number of hydrogen-bond acceptors (Lipinski definition) is 3. The average Bonchev–Trinajstić information content (AvgIpc) is 2.70. The van der Waals surface area contributed by atoms with E-state index in [0.29, 0.717) is 5.92 Å². The van der Waals surface area contributed by atoms with Crippen molar-refractivity contribution in [2.45, 2.75) is 40.2 Å². The molecular formula is C15H19NOS. The third-order valence-electron chi connectivity index (χ3n) is 3.19. The Hall–Kier alpha value is -1.19. The molecule has 0 atom stereocenters. The molecule has 0 saturated heterocycles. The lowest BCUT2D eigenvalue weighted by atomic mass is 9.98. The Labute approximate surface area is 112 Å². The predicted octanol–water partition coefficient (Wildman–Crippen LogP) is 4.04. The van der Waals surface area contributed by atoms with Crippen LogP contribution < -0.4 is 0 Å². The first kappa shape index (κ1) is 13.2. The quantitative estimate of drug-likeness (QED) is 0.904. The zero-order valence-electron chi connectivity index (χ0n) is 11.3. The first-order chi connectivity index (χ1) is 8.52. The van der Waals surface area contributed by atoms with Gasteiger partial charge in [-0.1, -0.05) is 26.0 Å². The van der Waals surface area contributed by atoms with Crippen LogP contribution in [0.4, 0.5) is 0 Å². The molecule has 0 bridgehead atoms. The zero-order chi connectivity index (χ0) is 13.3. The summed E-state index contributed by atoms with van der Waals surface area (Å²) in [5.74, 6) is 0.516. The molecule has 0 aliphatic heterocycles. The molecule has 0 aliphatic rings. The molecule has 0 saturated carbocycles. The molecule has 0 unspecified atom stereocenters. The van der Waals surface area contributed by atoms with E-state index in [1.54, 1.807) is 11.3 Å². The van der Waals surface area contributed by atoms with Crippen LogP contribution in [0.1, 0.15) is 41.5 Å². The van der Waals surface area contributed by atoms with Gasteiger partial charge in [0.25, 0.3) is 0 Å². The second kappa shape index (κ2) is 5.21. The molecule has 0 amide bonds. The monoisotopic (exact) mass is 261 g/mol. The molecule has 1 N–H and O–H groups in total. The third-order valence-corrected chi connectivity index (χ3v) is 4.37. The fourth-order valence-corrected chi connectivity index (χ4v) is 2.92. The van der Waals surface area contributed by atoms with Crippen molar-refractivity contribution >= 4 is 11.3 Å². The summed E-state index contributed by atoms with van der Waals surface area (Å²) in [5.41, 5.74) is 4.69. The number of aliphatic hydroxyl groups is 1. The van der Waals surface area contributed by atoms with Gasteiger partial charge in [-0.2, -0.15) is 0 Å². The van der Waals surface area contributed by atoms with Crippen molar-refractivity contribution < 1.29 is 5.11 Å². The van der Waals surface area contributed by atoms with E-state index in [1.807, 2.05) is 6.92 Å². The number of thiazole rings is 1. The molecule has 18 heavy (non-hydrogen) atoms. The van der Waals surface area contributed by atoms with Crippen LogP contribution in [0.5, 0.6) is 0 Å². The number of aromatic nitrogens is 1. The minimum Gasteiger partial charge on any atom is -0.391 e. The van der Waals surface area contributed by atoms with Crippen LogP contribution in [-0.4, -0.2) is 10.1 Å². The smallest absolute Gasteiger partial charge is 0.124 e. The summed E-state index contributed by atoms with van der Waals surface area (Å²) in [4.78, 5) is 5.53. The van der Waals surface area contributed by atoms with Gasteiger partial charge in [-0.3, -0.25) is 0 Å². The summed E-state index contributed by atoms with van der Waals surface area (Å²) in [6.45, 7) is 8.52. The molecule has 0 spiro atoms. The van der Waals surface area contributed by atoms with Crippen LogP contribution in [0.3, 0.4) is 0 Å². The first-order valence-electron chi connectivity index (χ1n) is 6.21. The lowest BCUT2D eigenvalue weighted by Gasteiger charge is -2.09. The molecule has 0 fully saturated rings. The van der Waals surface area contributed by atoms with E-state index in [-0.39, 0.29) is 6.61 Å². The molecule has 2 rings (SSSR count). The Balaban J connectivity index is 2.51. The highest BCUT2D eigenvalue weighted by molar-refractivity contribution is 7.15. The molecule has 0 aliphatic carbocycles. The number of benzene rings is 1. The number of nitrogens with zero attached hydrogens (tertiary/aromatic N) is 1. The van der Waals surface area contributed by atoms with Gasteiger partial charge in [0.1, 0.15) is 5.01 Å². The molecule has 0 radical (unpaired) electrons. The summed E-state index contributed by atoms with van der Waals surface area (Å²) >= 11 is 1.59. The summed E-state index contributed by atoms with van der Waals surface area (Å²) < 4.78 is 0. The van der Waals surface area contributed by atoms with Gasteiger partial charge in [-0.25, -0.2) is 4.98 Å². The van der Waals surface area contributed by atoms with Crippen molar-refractivity contribution in [1.82, 2.24) is 4.98 Å². The number of aryl methyl sites for hydroxylation is 2. The van der Waals surface area contributed by atoms with E-state index in [4.69, 9.17) is 0 Å². The van der Waals surface area contributed by atoms with Gasteiger partial charge in [0.15, 0.2) is 0 Å². The zero-order valence-corrected chi connectivity index (χ0v) is 12.1. The molecular weight excluding hydrogens is 242 g/mol. The van der Waals surface area contributed by atoms with E-state index in [9.17, 15) is 5.11 Å². The van der Waals surface area contributed by atoms with Crippen LogP contribution >= 0.6 is 11.3 Å². The number of hydrogen-bond donors (Lipinski definition) is 1. The van der Waals surface area contributed by atoms with E-state index in [2.05, 4.69) is 44.0 Å². The average molecular weight is 261 g/mol. The van der Waals surface area contributed by atoms with Gasteiger partial charge in [0.2, 0.25) is 0 Å². The highest BCUT2D eigenvalue weighted by Gasteiger charge is 2.12. The minimum absolute atomic E-state index is 0.0758. The maximum absolute atomic E-state index is 9.26. The largest absolute Gasteiger partial charge is 0.391 e. The highest BCUT2D eigenvalue weighted by Crippen LogP contribution is 2.32. The Bertz CT molecular complexity index is 558. The molecule has 1 heterocycles. The Morgan fingerprint density at radius 2 is 2.00 bits per heavy atom. The Morgan fingerprint density at radius 1 is 1.28 bits per heavy atom. The van der Waals surface area contributed by atoms with Crippen LogP contribution in [0, 0.1) is 13.8 Å². The molecule has 2 aromatic rings. The number of aliphatic hydroxyl groups excluding tert-OH is 1. The van der Waals surface area contributed by atoms with Crippen molar-refractivity contribution in [2.24, 2.45) is 0 Å². The second-order valence-electron chi connectivity index (χ2n) is 4.91. The third kappa shape index (κ3) is 2.47. The predicted molar refractivity (Wildman–Crippen MR) is 77.0 cm³/mol. The minimum atomic E-state index is 0.0758. The Morgan fingerprint density at radius 3 is 2.56 bits per heavy atom. The van der Waals surface area contributed by atoms with Crippen molar-refractivity contribution in [2.75, 3.05) is 0 Å². The summed E-state index contributed by atoms with van der Waals surface area (Å²) in [7, 11) is 0. The summed E-state index contributed by atoms with van der Waals surface area (Å²) in [6, 6.07) is 6.55. The fourth-order valence-electron chi connectivity index (χ4n) is 1.92. The van der Waals surface area contributed by atoms with Crippen molar-refractivity contribution in [3.8, 4) is 10.6 Å². The fraction of sp³-hybridized carbons (Fsp3) is 0.400. The molecule has 1 aromatic heterocycles. The number of rotatable bonds is 3. The maximum Gasteiger partial charge on any atom is 0.124 e. The van der Waals surface area contributed by atoms with Gasteiger partial charge in [-0.05, 0) is 37.0 Å². The lowest BCUT2D eigenvalue weighted by molar-refractivity contribution is 0.284. The van der Waals surface area contributed by atoms with Crippen molar-refractivity contribution in [3.05, 3.63) is 39.9 Å². The van der Waals surface area contributed by atoms with Gasteiger partial charge in [-0.15, -0.1) is 11.3 Å². The second-order valence-corrected chi connectivity index (χ2v) is 6.00.